The minimum absolute atomic E-state index is 0.509. The summed E-state index contributed by atoms with van der Waals surface area (Å²) < 4.78 is 7.45. The molecule has 0 aliphatic rings. The monoisotopic (exact) mass is 280 g/mol. The van der Waals surface area contributed by atoms with E-state index in [1.54, 1.807) is 25.7 Å². The second-order valence-corrected chi connectivity index (χ2v) is 4.69. The van der Waals surface area contributed by atoms with Crippen LogP contribution >= 0.6 is 0 Å². The van der Waals surface area contributed by atoms with Crippen molar-refractivity contribution in [2.75, 3.05) is 12.8 Å². The van der Waals surface area contributed by atoms with Crippen molar-refractivity contribution in [1.82, 2.24) is 14.5 Å². The summed E-state index contributed by atoms with van der Waals surface area (Å²) in [4.78, 5) is 8.36. The molecule has 0 saturated heterocycles. The highest BCUT2D eigenvalue weighted by Gasteiger charge is 2.08. The van der Waals surface area contributed by atoms with E-state index in [9.17, 15) is 0 Å². The summed E-state index contributed by atoms with van der Waals surface area (Å²) in [6.45, 7) is 0.684. The predicted octanol–water partition coefficient (Wildman–Crippen LogP) is 2.58. The molecular formula is C16H16N4O. The summed E-state index contributed by atoms with van der Waals surface area (Å²) >= 11 is 0. The van der Waals surface area contributed by atoms with Crippen LogP contribution in [0.15, 0.2) is 55.1 Å². The molecule has 2 N–H and O–H groups in total. The van der Waals surface area contributed by atoms with Crippen LogP contribution in [0.4, 0.5) is 5.82 Å². The number of para-hydroxylation sites is 1. The van der Waals surface area contributed by atoms with Gasteiger partial charge in [-0.25, -0.2) is 9.97 Å². The standard InChI is InChI=1S/C16H16N4O/c1-21-15-5-3-2-4-13(15)10-20-11-18-9-14(20)12-6-7-16(17)19-8-12/h2-9,11H,10H2,1H3,(H2,17,19). The van der Waals surface area contributed by atoms with E-state index in [0.717, 1.165) is 22.6 Å². The van der Waals surface area contributed by atoms with Gasteiger partial charge < -0.3 is 15.0 Å². The molecule has 0 bridgehead atoms. The van der Waals surface area contributed by atoms with Gasteiger partial charge in [0.05, 0.1) is 31.9 Å². The van der Waals surface area contributed by atoms with Crippen LogP contribution in [0.2, 0.25) is 0 Å². The van der Waals surface area contributed by atoms with E-state index in [4.69, 9.17) is 10.5 Å². The SMILES string of the molecule is COc1ccccc1Cn1cncc1-c1ccc(N)nc1. The molecule has 0 fully saturated rings. The smallest absolute Gasteiger partial charge is 0.123 e. The highest BCUT2D eigenvalue weighted by atomic mass is 16.5. The number of imidazole rings is 1. The Balaban J connectivity index is 1.94. The Morgan fingerprint density at radius 2 is 2.00 bits per heavy atom. The molecule has 3 aromatic rings. The highest BCUT2D eigenvalue weighted by molar-refractivity contribution is 5.59. The molecule has 0 radical (unpaired) electrons. The van der Waals surface area contributed by atoms with E-state index < -0.39 is 0 Å². The molecule has 5 nitrogen and oxygen atoms in total. The number of nitrogen functional groups attached to an aromatic ring is 1. The van der Waals surface area contributed by atoms with Crippen LogP contribution in [0.1, 0.15) is 5.56 Å². The molecule has 0 atom stereocenters. The van der Waals surface area contributed by atoms with Crippen molar-refractivity contribution in [3.05, 3.63) is 60.7 Å². The van der Waals surface area contributed by atoms with Crippen LogP contribution in [0.5, 0.6) is 5.75 Å². The van der Waals surface area contributed by atoms with Crippen LogP contribution < -0.4 is 10.5 Å². The van der Waals surface area contributed by atoms with Gasteiger partial charge >= 0.3 is 0 Å². The Kier molecular flexibility index (Phi) is 3.55. The molecule has 0 aliphatic carbocycles. The number of nitrogens with zero attached hydrogens (tertiary/aromatic N) is 3. The zero-order valence-electron chi connectivity index (χ0n) is 11.7. The van der Waals surface area contributed by atoms with Gasteiger partial charge in [-0.3, -0.25) is 0 Å². The van der Waals surface area contributed by atoms with Gasteiger partial charge in [0.1, 0.15) is 11.6 Å². The average Bonchev–Trinajstić information content (AvgIpc) is 2.97. The van der Waals surface area contributed by atoms with Gasteiger partial charge in [0.15, 0.2) is 0 Å². The molecule has 2 heterocycles. The lowest BCUT2D eigenvalue weighted by molar-refractivity contribution is 0.408. The number of hydrogen-bond donors (Lipinski definition) is 1. The molecule has 0 aliphatic heterocycles. The maximum atomic E-state index is 5.63. The maximum Gasteiger partial charge on any atom is 0.123 e. The molecule has 0 unspecified atom stereocenters. The first-order valence-electron chi connectivity index (χ1n) is 6.62. The van der Waals surface area contributed by atoms with Gasteiger partial charge in [0.25, 0.3) is 0 Å². The normalized spacial score (nSPS) is 10.5. The van der Waals surface area contributed by atoms with Gasteiger partial charge in [0.2, 0.25) is 0 Å². The molecule has 1 aromatic carbocycles. The number of hydrogen-bond acceptors (Lipinski definition) is 4. The summed E-state index contributed by atoms with van der Waals surface area (Å²) in [7, 11) is 1.68. The van der Waals surface area contributed by atoms with Crippen molar-refractivity contribution in [2.24, 2.45) is 0 Å². The maximum absolute atomic E-state index is 5.63. The molecular weight excluding hydrogens is 264 g/mol. The number of pyridine rings is 1. The van der Waals surface area contributed by atoms with Gasteiger partial charge in [-0.2, -0.15) is 0 Å². The second kappa shape index (κ2) is 5.66. The van der Waals surface area contributed by atoms with Crippen molar-refractivity contribution in [3.63, 3.8) is 0 Å². The fourth-order valence-corrected chi connectivity index (χ4v) is 2.26. The van der Waals surface area contributed by atoms with E-state index in [-0.39, 0.29) is 0 Å². The van der Waals surface area contributed by atoms with Gasteiger partial charge in [-0.15, -0.1) is 0 Å². The topological polar surface area (TPSA) is 66.0 Å². The van der Waals surface area contributed by atoms with Crippen LogP contribution in [0.3, 0.4) is 0 Å². The van der Waals surface area contributed by atoms with E-state index in [1.165, 1.54) is 0 Å². The summed E-state index contributed by atoms with van der Waals surface area (Å²) in [6.07, 6.45) is 5.38. The summed E-state index contributed by atoms with van der Waals surface area (Å²) in [5, 5.41) is 0. The van der Waals surface area contributed by atoms with Gasteiger partial charge in [-0.1, -0.05) is 18.2 Å². The molecule has 3 rings (SSSR count). The molecule has 0 saturated carbocycles. The number of methoxy groups -OCH3 is 1. The lowest BCUT2D eigenvalue weighted by Crippen LogP contribution is -2.02. The molecule has 2 aromatic heterocycles. The van der Waals surface area contributed by atoms with Gasteiger partial charge in [-0.05, 0) is 18.2 Å². The van der Waals surface area contributed by atoms with Crippen molar-refractivity contribution in [2.45, 2.75) is 6.54 Å². The number of anilines is 1. The number of aromatic nitrogens is 3. The Labute approximate surface area is 123 Å². The molecule has 21 heavy (non-hydrogen) atoms. The fraction of sp³-hybridized carbons (Fsp3) is 0.125. The summed E-state index contributed by atoms with van der Waals surface area (Å²) in [5.74, 6) is 1.38. The Morgan fingerprint density at radius 3 is 2.76 bits per heavy atom. The van der Waals surface area contributed by atoms with Gasteiger partial charge in [0, 0.05) is 17.3 Å². The van der Waals surface area contributed by atoms with Crippen molar-refractivity contribution < 1.29 is 4.74 Å². The minimum Gasteiger partial charge on any atom is -0.496 e. The largest absolute Gasteiger partial charge is 0.496 e. The van der Waals surface area contributed by atoms with E-state index in [2.05, 4.69) is 14.5 Å². The zero-order chi connectivity index (χ0) is 14.7. The predicted molar refractivity (Wildman–Crippen MR) is 82.0 cm³/mol. The second-order valence-electron chi connectivity index (χ2n) is 4.69. The summed E-state index contributed by atoms with van der Waals surface area (Å²) in [6, 6.07) is 11.7. The number of rotatable bonds is 4. The van der Waals surface area contributed by atoms with Crippen molar-refractivity contribution >= 4 is 5.82 Å². The molecule has 0 amide bonds. The van der Waals surface area contributed by atoms with Crippen LogP contribution in [0, 0.1) is 0 Å². The average molecular weight is 280 g/mol. The summed E-state index contributed by atoms with van der Waals surface area (Å²) in [5.41, 5.74) is 8.71. The third kappa shape index (κ3) is 2.72. The highest BCUT2D eigenvalue weighted by Crippen LogP contribution is 2.23. The fourth-order valence-electron chi connectivity index (χ4n) is 2.26. The first-order chi connectivity index (χ1) is 10.3. The van der Waals surface area contributed by atoms with Crippen LogP contribution in [0.25, 0.3) is 11.3 Å². The molecule has 0 spiro atoms. The lowest BCUT2D eigenvalue weighted by atomic mass is 10.1. The Morgan fingerprint density at radius 1 is 1.14 bits per heavy atom. The zero-order valence-corrected chi connectivity index (χ0v) is 11.7. The first kappa shape index (κ1) is 13.2. The van der Waals surface area contributed by atoms with E-state index in [1.807, 2.05) is 36.5 Å². The third-order valence-corrected chi connectivity index (χ3v) is 3.33. The number of nitrogens with two attached hydrogens (primary N) is 1. The van der Waals surface area contributed by atoms with Crippen LogP contribution in [-0.4, -0.2) is 21.6 Å². The first-order valence-corrected chi connectivity index (χ1v) is 6.62. The quantitative estimate of drug-likeness (QED) is 0.797. The minimum atomic E-state index is 0.509. The molecule has 106 valence electrons. The Hall–Kier alpha value is -2.82. The van der Waals surface area contributed by atoms with E-state index in [0.29, 0.717) is 12.4 Å². The van der Waals surface area contributed by atoms with Crippen molar-refractivity contribution in [3.8, 4) is 17.0 Å². The van der Waals surface area contributed by atoms with Crippen molar-refractivity contribution in [1.29, 1.82) is 0 Å². The van der Waals surface area contributed by atoms with E-state index >= 15 is 0 Å². The Bertz CT molecular complexity index is 734. The number of ether oxygens (including phenoxy) is 1. The van der Waals surface area contributed by atoms with Crippen LogP contribution in [-0.2, 0) is 6.54 Å². The third-order valence-electron chi connectivity index (χ3n) is 3.33. The molecule has 5 heteroatoms. The number of benzene rings is 1. The lowest BCUT2D eigenvalue weighted by Gasteiger charge is -2.11.